The van der Waals surface area contributed by atoms with E-state index >= 15 is 0 Å². The van der Waals surface area contributed by atoms with Gasteiger partial charge in [-0.05, 0) is 58.2 Å². The van der Waals surface area contributed by atoms with Crippen molar-refractivity contribution in [1.82, 2.24) is 19.4 Å². The van der Waals surface area contributed by atoms with Gasteiger partial charge < -0.3 is 9.47 Å². The molecular formula is C21H26N4OS. The summed E-state index contributed by atoms with van der Waals surface area (Å²) < 4.78 is 2.37. The van der Waals surface area contributed by atoms with E-state index in [-0.39, 0.29) is 5.91 Å². The molecule has 3 aromatic rings. The number of imidazole rings is 1. The van der Waals surface area contributed by atoms with Crippen LogP contribution in [0.25, 0.3) is 11.0 Å². The van der Waals surface area contributed by atoms with Crippen LogP contribution in [0.1, 0.15) is 45.9 Å². The number of aromatic nitrogens is 3. The van der Waals surface area contributed by atoms with Crippen molar-refractivity contribution < 1.29 is 4.79 Å². The first kappa shape index (κ1) is 18.2. The number of aryl methyl sites for hydroxylation is 4. The third-order valence-corrected chi connectivity index (χ3v) is 6.45. The van der Waals surface area contributed by atoms with Crippen molar-refractivity contribution >= 4 is 28.3 Å². The third kappa shape index (κ3) is 3.50. The van der Waals surface area contributed by atoms with Crippen molar-refractivity contribution in [3.8, 4) is 0 Å². The number of hydrogen-bond acceptors (Lipinski definition) is 4. The van der Waals surface area contributed by atoms with Gasteiger partial charge in [-0.1, -0.05) is 6.07 Å². The molecule has 1 saturated heterocycles. The van der Waals surface area contributed by atoms with Gasteiger partial charge in [-0.15, -0.1) is 11.3 Å². The van der Waals surface area contributed by atoms with Gasteiger partial charge in [-0.3, -0.25) is 4.79 Å². The molecule has 1 aliphatic heterocycles. The smallest absolute Gasteiger partial charge is 0.228 e. The number of carbonyl (C=O) groups is 1. The monoisotopic (exact) mass is 382 g/mol. The number of rotatable bonds is 3. The first-order chi connectivity index (χ1) is 12.9. The molecule has 0 atom stereocenters. The Balaban J connectivity index is 1.46. The number of likely N-dealkylation sites (tertiary alicyclic amines) is 1. The second kappa shape index (κ2) is 7.08. The Bertz CT molecular complexity index is 995. The Morgan fingerprint density at radius 1 is 1.15 bits per heavy atom. The normalized spacial score (nSPS) is 15.6. The van der Waals surface area contributed by atoms with E-state index in [4.69, 9.17) is 4.98 Å². The zero-order valence-corrected chi connectivity index (χ0v) is 17.3. The number of benzene rings is 1. The van der Waals surface area contributed by atoms with Crippen LogP contribution in [0.2, 0.25) is 0 Å². The third-order valence-electron chi connectivity index (χ3n) is 5.52. The van der Waals surface area contributed by atoms with E-state index in [1.807, 2.05) is 11.8 Å². The van der Waals surface area contributed by atoms with Gasteiger partial charge in [0.05, 0.1) is 28.2 Å². The summed E-state index contributed by atoms with van der Waals surface area (Å²) in [5.41, 5.74) is 4.47. The van der Waals surface area contributed by atoms with Crippen LogP contribution in [0, 0.1) is 27.7 Å². The van der Waals surface area contributed by atoms with Crippen LogP contribution in [0.4, 0.5) is 0 Å². The number of amides is 1. The van der Waals surface area contributed by atoms with E-state index in [9.17, 15) is 4.79 Å². The van der Waals surface area contributed by atoms with Crippen molar-refractivity contribution in [3.63, 3.8) is 0 Å². The zero-order chi connectivity index (χ0) is 19.1. The molecule has 6 heteroatoms. The lowest BCUT2D eigenvalue weighted by atomic mass is 10.0. The predicted octanol–water partition coefficient (Wildman–Crippen LogP) is 4.13. The van der Waals surface area contributed by atoms with Crippen molar-refractivity contribution in [3.05, 3.63) is 45.2 Å². The van der Waals surface area contributed by atoms with E-state index in [2.05, 4.69) is 48.5 Å². The molecule has 1 aliphatic rings. The van der Waals surface area contributed by atoms with Crippen molar-refractivity contribution in [1.29, 1.82) is 0 Å². The highest BCUT2D eigenvalue weighted by Gasteiger charge is 2.26. The summed E-state index contributed by atoms with van der Waals surface area (Å²) in [4.78, 5) is 25.1. The molecule has 4 rings (SSSR count). The van der Waals surface area contributed by atoms with Gasteiger partial charge in [0.15, 0.2) is 0 Å². The van der Waals surface area contributed by atoms with E-state index in [0.717, 1.165) is 52.9 Å². The summed E-state index contributed by atoms with van der Waals surface area (Å²) in [6.07, 6.45) is 2.37. The first-order valence-electron chi connectivity index (χ1n) is 9.58. The predicted molar refractivity (Wildman–Crippen MR) is 109 cm³/mol. The molecule has 0 radical (unpaired) electrons. The fourth-order valence-corrected chi connectivity index (χ4v) is 4.98. The highest BCUT2D eigenvalue weighted by atomic mass is 32.1. The maximum absolute atomic E-state index is 12.7. The molecule has 3 heterocycles. The van der Waals surface area contributed by atoms with Gasteiger partial charge in [0, 0.05) is 24.0 Å². The van der Waals surface area contributed by atoms with Crippen LogP contribution in [0.15, 0.2) is 18.2 Å². The maximum atomic E-state index is 12.7. The quantitative estimate of drug-likeness (QED) is 0.684. The van der Waals surface area contributed by atoms with Gasteiger partial charge in [-0.25, -0.2) is 9.97 Å². The van der Waals surface area contributed by atoms with Crippen molar-refractivity contribution in [2.75, 3.05) is 13.1 Å². The average Bonchev–Trinajstić information content (AvgIpc) is 3.12. The Hall–Kier alpha value is -2.21. The Morgan fingerprint density at radius 3 is 2.56 bits per heavy atom. The molecule has 1 amide bonds. The summed E-state index contributed by atoms with van der Waals surface area (Å²) >= 11 is 1.67. The average molecular weight is 383 g/mol. The lowest BCUT2D eigenvalue weighted by molar-refractivity contribution is -0.131. The lowest BCUT2D eigenvalue weighted by Crippen LogP contribution is -2.40. The Labute approximate surface area is 164 Å². The maximum Gasteiger partial charge on any atom is 0.228 e. The molecule has 2 aromatic heterocycles. The van der Waals surface area contributed by atoms with Crippen molar-refractivity contribution in [2.24, 2.45) is 0 Å². The minimum Gasteiger partial charge on any atom is -0.342 e. The highest BCUT2D eigenvalue weighted by molar-refractivity contribution is 7.11. The molecule has 0 saturated carbocycles. The molecule has 142 valence electrons. The minimum atomic E-state index is 0.199. The van der Waals surface area contributed by atoms with Crippen LogP contribution in [-0.4, -0.2) is 38.4 Å². The first-order valence-corrected chi connectivity index (χ1v) is 10.4. The molecule has 0 N–H and O–H groups in total. The molecule has 1 aromatic carbocycles. The summed E-state index contributed by atoms with van der Waals surface area (Å²) in [6.45, 7) is 9.86. The zero-order valence-electron chi connectivity index (χ0n) is 16.5. The number of nitrogens with zero attached hydrogens (tertiary/aromatic N) is 4. The SMILES string of the molecule is Cc1ccc2nc(C)n(C3CCN(C(=O)Cc4nc(C)sc4C)CC3)c2c1. The van der Waals surface area contributed by atoms with Crippen molar-refractivity contribution in [2.45, 2.75) is 53.0 Å². The Morgan fingerprint density at radius 2 is 1.89 bits per heavy atom. The van der Waals surface area contributed by atoms with E-state index < -0.39 is 0 Å². The summed E-state index contributed by atoms with van der Waals surface area (Å²) in [6, 6.07) is 6.84. The van der Waals surface area contributed by atoms with Crippen LogP contribution >= 0.6 is 11.3 Å². The van der Waals surface area contributed by atoms with Crippen LogP contribution in [-0.2, 0) is 11.2 Å². The van der Waals surface area contributed by atoms with Gasteiger partial charge in [0.25, 0.3) is 0 Å². The van der Waals surface area contributed by atoms with Crippen LogP contribution in [0.3, 0.4) is 0 Å². The molecule has 0 bridgehead atoms. The fourth-order valence-electron chi connectivity index (χ4n) is 4.15. The summed E-state index contributed by atoms with van der Waals surface area (Å²) in [5.74, 6) is 1.26. The van der Waals surface area contributed by atoms with E-state index in [1.165, 1.54) is 11.1 Å². The number of fused-ring (bicyclic) bond motifs is 1. The molecule has 5 nitrogen and oxygen atoms in total. The molecule has 27 heavy (non-hydrogen) atoms. The topological polar surface area (TPSA) is 51.0 Å². The Kier molecular flexibility index (Phi) is 4.76. The van der Waals surface area contributed by atoms with Crippen LogP contribution in [0.5, 0.6) is 0 Å². The highest BCUT2D eigenvalue weighted by Crippen LogP contribution is 2.29. The second-order valence-corrected chi connectivity index (χ2v) is 8.95. The summed E-state index contributed by atoms with van der Waals surface area (Å²) in [7, 11) is 0. The number of carbonyl (C=O) groups excluding carboxylic acids is 1. The number of hydrogen-bond donors (Lipinski definition) is 0. The van der Waals surface area contributed by atoms with Gasteiger partial charge in [0.1, 0.15) is 5.82 Å². The lowest BCUT2D eigenvalue weighted by Gasteiger charge is -2.33. The molecule has 1 fully saturated rings. The van der Waals surface area contributed by atoms with Crippen LogP contribution < -0.4 is 0 Å². The fraction of sp³-hybridized carbons (Fsp3) is 0.476. The van der Waals surface area contributed by atoms with Gasteiger partial charge in [0.2, 0.25) is 5.91 Å². The molecule has 0 unspecified atom stereocenters. The van der Waals surface area contributed by atoms with E-state index in [1.54, 1.807) is 11.3 Å². The van der Waals surface area contributed by atoms with Gasteiger partial charge >= 0.3 is 0 Å². The molecule has 0 spiro atoms. The number of piperidine rings is 1. The summed E-state index contributed by atoms with van der Waals surface area (Å²) in [5, 5.41) is 1.03. The molecular weight excluding hydrogens is 356 g/mol. The largest absolute Gasteiger partial charge is 0.342 e. The van der Waals surface area contributed by atoms with E-state index in [0.29, 0.717) is 12.5 Å². The minimum absolute atomic E-state index is 0.199. The van der Waals surface area contributed by atoms with Gasteiger partial charge in [-0.2, -0.15) is 0 Å². The second-order valence-electron chi connectivity index (χ2n) is 7.55. The molecule has 0 aliphatic carbocycles. The number of thiazole rings is 1. The standard InChI is InChI=1S/C21H26N4OS/c1-13-5-6-18-20(11-13)25(15(3)22-18)17-7-9-24(10-8-17)21(26)12-19-14(2)27-16(4)23-19/h5-6,11,17H,7-10,12H2,1-4H3.